The molecule has 0 bridgehead atoms. The molecule has 0 radical (unpaired) electrons. The number of imide groups is 1. The summed E-state index contributed by atoms with van der Waals surface area (Å²) in [5.41, 5.74) is 1.21. The Bertz CT molecular complexity index is 657. The molecule has 128 valence electrons. The summed E-state index contributed by atoms with van der Waals surface area (Å²) in [7, 11) is 0. The first kappa shape index (κ1) is 17.7. The lowest BCUT2D eigenvalue weighted by molar-refractivity contribution is -0.130. The second kappa shape index (κ2) is 8.24. The SMILES string of the molecule is CCCNC(=O)CNC(=O)CCN1C(=O)Cc2ccccc2C1=O. The molecule has 0 saturated heterocycles. The summed E-state index contributed by atoms with van der Waals surface area (Å²) < 4.78 is 0. The van der Waals surface area contributed by atoms with Crippen molar-refractivity contribution in [1.29, 1.82) is 0 Å². The average molecular weight is 331 g/mol. The molecule has 1 aromatic carbocycles. The van der Waals surface area contributed by atoms with Gasteiger partial charge in [-0.3, -0.25) is 24.1 Å². The van der Waals surface area contributed by atoms with Crippen LogP contribution in [-0.2, 0) is 20.8 Å². The minimum atomic E-state index is -0.379. The van der Waals surface area contributed by atoms with Gasteiger partial charge in [0.05, 0.1) is 13.0 Å². The van der Waals surface area contributed by atoms with E-state index in [9.17, 15) is 19.2 Å². The maximum atomic E-state index is 12.3. The molecule has 0 saturated carbocycles. The largest absolute Gasteiger partial charge is 0.355 e. The van der Waals surface area contributed by atoms with Crippen LogP contribution in [0.25, 0.3) is 0 Å². The second-order valence-corrected chi connectivity index (χ2v) is 5.56. The first-order valence-corrected chi connectivity index (χ1v) is 7.99. The van der Waals surface area contributed by atoms with E-state index in [0.717, 1.165) is 11.3 Å². The number of carbonyl (C=O) groups excluding carboxylic acids is 4. The standard InChI is InChI=1S/C17H21N3O4/c1-2-8-18-15(22)11-19-14(21)7-9-20-16(23)10-12-5-3-4-6-13(12)17(20)24/h3-6H,2,7-11H2,1H3,(H,18,22)(H,19,21). The van der Waals surface area contributed by atoms with Gasteiger partial charge in [0, 0.05) is 25.1 Å². The molecule has 7 heteroatoms. The van der Waals surface area contributed by atoms with Crippen molar-refractivity contribution in [2.75, 3.05) is 19.6 Å². The highest BCUT2D eigenvalue weighted by Gasteiger charge is 2.30. The summed E-state index contributed by atoms with van der Waals surface area (Å²) in [6.45, 7) is 2.40. The molecule has 4 amide bonds. The maximum absolute atomic E-state index is 12.3. The highest BCUT2D eigenvalue weighted by atomic mass is 16.2. The molecule has 1 aliphatic rings. The number of amides is 4. The molecule has 1 aliphatic heterocycles. The van der Waals surface area contributed by atoms with Gasteiger partial charge in [-0.15, -0.1) is 0 Å². The summed E-state index contributed by atoms with van der Waals surface area (Å²) in [6, 6.07) is 6.96. The van der Waals surface area contributed by atoms with Crippen molar-refractivity contribution in [3.05, 3.63) is 35.4 Å². The van der Waals surface area contributed by atoms with Crippen LogP contribution in [0.15, 0.2) is 24.3 Å². The number of hydrogen-bond acceptors (Lipinski definition) is 4. The van der Waals surface area contributed by atoms with Gasteiger partial charge in [0.25, 0.3) is 5.91 Å². The topological polar surface area (TPSA) is 95.6 Å². The third-order valence-electron chi connectivity index (χ3n) is 3.72. The molecule has 0 fully saturated rings. The Kier molecular flexibility index (Phi) is 6.06. The Hall–Kier alpha value is -2.70. The molecule has 1 aromatic rings. The summed E-state index contributed by atoms with van der Waals surface area (Å²) >= 11 is 0. The Morgan fingerprint density at radius 3 is 2.62 bits per heavy atom. The monoisotopic (exact) mass is 331 g/mol. The van der Waals surface area contributed by atoms with E-state index in [-0.39, 0.29) is 49.6 Å². The first-order chi connectivity index (χ1) is 11.5. The zero-order valence-electron chi connectivity index (χ0n) is 13.6. The van der Waals surface area contributed by atoms with Crippen LogP contribution < -0.4 is 10.6 Å². The van der Waals surface area contributed by atoms with Gasteiger partial charge in [-0.25, -0.2) is 0 Å². The quantitative estimate of drug-likeness (QED) is 0.700. The van der Waals surface area contributed by atoms with Crippen LogP contribution in [0.5, 0.6) is 0 Å². The van der Waals surface area contributed by atoms with Gasteiger partial charge >= 0.3 is 0 Å². The summed E-state index contributed by atoms with van der Waals surface area (Å²) in [5.74, 6) is -1.33. The Labute approximate surface area is 140 Å². The summed E-state index contributed by atoms with van der Waals surface area (Å²) in [6.07, 6.45) is 0.948. The van der Waals surface area contributed by atoms with Crippen LogP contribution in [0.1, 0.15) is 35.7 Å². The van der Waals surface area contributed by atoms with E-state index >= 15 is 0 Å². The number of benzene rings is 1. The first-order valence-electron chi connectivity index (χ1n) is 7.99. The van der Waals surface area contributed by atoms with Crippen molar-refractivity contribution in [3.8, 4) is 0 Å². The third-order valence-corrected chi connectivity index (χ3v) is 3.72. The second-order valence-electron chi connectivity index (χ2n) is 5.56. The van der Waals surface area contributed by atoms with Gasteiger partial charge in [0.15, 0.2) is 0 Å². The third kappa shape index (κ3) is 4.41. The zero-order chi connectivity index (χ0) is 17.5. The van der Waals surface area contributed by atoms with Crippen LogP contribution in [-0.4, -0.2) is 48.2 Å². The summed E-state index contributed by atoms with van der Waals surface area (Å²) in [4.78, 5) is 48.7. The maximum Gasteiger partial charge on any atom is 0.260 e. The van der Waals surface area contributed by atoms with E-state index in [1.807, 2.05) is 6.92 Å². The van der Waals surface area contributed by atoms with Crippen LogP contribution in [0, 0.1) is 0 Å². The smallest absolute Gasteiger partial charge is 0.260 e. The molecular formula is C17H21N3O4. The Morgan fingerprint density at radius 1 is 1.12 bits per heavy atom. The molecule has 0 spiro atoms. The highest BCUT2D eigenvalue weighted by molar-refractivity contribution is 6.09. The number of carbonyl (C=O) groups is 4. The lowest BCUT2D eigenvalue weighted by atomic mass is 9.98. The average Bonchev–Trinajstić information content (AvgIpc) is 2.57. The minimum Gasteiger partial charge on any atom is -0.355 e. The molecule has 2 N–H and O–H groups in total. The molecule has 1 heterocycles. The van der Waals surface area contributed by atoms with Crippen molar-refractivity contribution < 1.29 is 19.2 Å². The summed E-state index contributed by atoms with van der Waals surface area (Å²) in [5, 5.41) is 5.13. The van der Waals surface area contributed by atoms with Crippen molar-refractivity contribution in [1.82, 2.24) is 15.5 Å². The van der Waals surface area contributed by atoms with Crippen LogP contribution in [0.4, 0.5) is 0 Å². The van der Waals surface area contributed by atoms with E-state index < -0.39 is 0 Å². The van der Waals surface area contributed by atoms with Gasteiger partial charge in [0.2, 0.25) is 17.7 Å². The van der Waals surface area contributed by atoms with Crippen molar-refractivity contribution >= 4 is 23.6 Å². The molecule has 0 aliphatic carbocycles. The lowest BCUT2D eigenvalue weighted by Gasteiger charge is -2.26. The minimum absolute atomic E-state index is 0.00835. The Morgan fingerprint density at radius 2 is 1.88 bits per heavy atom. The van der Waals surface area contributed by atoms with E-state index in [1.165, 1.54) is 0 Å². The van der Waals surface area contributed by atoms with E-state index in [4.69, 9.17) is 0 Å². The fourth-order valence-electron chi connectivity index (χ4n) is 2.43. The van der Waals surface area contributed by atoms with Crippen molar-refractivity contribution in [2.24, 2.45) is 0 Å². The number of fused-ring (bicyclic) bond motifs is 1. The van der Waals surface area contributed by atoms with E-state index in [0.29, 0.717) is 17.7 Å². The molecule has 7 nitrogen and oxygen atoms in total. The fourth-order valence-corrected chi connectivity index (χ4v) is 2.43. The molecule has 0 unspecified atom stereocenters. The van der Waals surface area contributed by atoms with Gasteiger partial charge in [-0.2, -0.15) is 0 Å². The van der Waals surface area contributed by atoms with Crippen molar-refractivity contribution in [3.63, 3.8) is 0 Å². The predicted octanol–water partition coefficient (Wildman–Crippen LogP) is 0.244. The number of hydrogen-bond donors (Lipinski definition) is 2. The van der Waals surface area contributed by atoms with Crippen LogP contribution >= 0.6 is 0 Å². The van der Waals surface area contributed by atoms with Crippen LogP contribution in [0.3, 0.4) is 0 Å². The van der Waals surface area contributed by atoms with E-state index in [2.05, 4.69) is 10.6 Å². The molecule has 24 heavy (non-hydrogen) atoms. The lowest BCUT2D eigenvalue weighted by Crippen LogP contribution is -2.44. The molecule has 0 atom stereocenters. The van der Waals surface area contributed by atoms with Gasteiger partial charge in [0.1, 0.15) is 0 Å². The molecule has 0 aromatic heterocycles. The van der Waals surface area contributed by atoms with Gasteiger partial charge in [-0.05, 0) is 18.1 Å². The number of nitrogens with one attached hydrogen (secondary N) is 2. The number of rotatable bonds is 7. The van der Waals surface area contributed by atoms with Gasteiger partial charge in [-0.1, -0.05) is 25.1 Å². The normalized spacial score (nSPS) is 13.5. The fraction of sp³-hybridized carbons (Fsp3) is 0.412. The molecule has 2 rings (SSSR count). The zero-order valence-corrected chi connectivity index (χ0v) is 13.6. The predicted molar refractivity (Wildman–Crippen MR) is 87.1 cm³/mol. The van der Waals surface area contributed by atoms with E-state index in [1.54, 1.807) is 24.3 Å². The highest BCUT2D eigenvalue weighted by Crippen LogP contribution is 2.19. The number of nitrogens with zero attached hydrogens (tertiary/aromatic N) is 1. The molecular weight excluding hydrogens is 310 g/mol. The Balaban J connectivity index is 1.84. The van der Waals surface area contributed by atoms with Crippen molar-refractivity contribution in [2.45, 2.75) is 26.2 Å². The van der Waals surface area contributed by atoms with Gasteiger partial charge < -0.3 is 10.6 Å². The van der Waals surface area contributed by atoms with Crippen LogP contribution in [0.2, 0.25) is 0 Å².